The Hall–Kier alpha value is -0.0800. The highest BCUT2D eigenvalue weighted by Gasteiger charge is 2.30. The van der Waals surface area contributed by atoms with Crippen LogP contribution in [0, 0.1) is 11.3 Å². The van der Waals surface area contributed by atoms with E-state index in [9.17, 15) is 5.11 Å². The first-order valence-electron chi connectivity index (χ1n) is 8.33. The maximum Gasteiger partial charge on any atom is 0.0695 e. The van der Waals surface area contributed by atoms with Crippen molar-refractivity contribution in [2.45, 2.75) is 78.7 Å². The molecular formula is C17H35NO. The first-order valence-corrected chi connectivity index (χ1v) is 8.33. The van der Waals surface area contributed by atoms with Crippen LogP contribution in [0.25, 0.3) is 0 Å². The van der Waals surface area contributed by atoms with Gasteiger partial charge in [-0.05, 0) is 43.7 Å². The predicted molar refractivity (Wildman–Crippen MR) is 83.4 cm³/mol. The molecule has 19 heavy (non-hydrogen) atoms. The molecule has 0 aromatic carbocycles. The third-order valence-electron chi connectivity index (χ3n) is 4.26. The molecule has 1 N–H and O–H groups in total. The molecular weight excluding hydrogens is 234 g/mol. The van der Waals surface area contributed by atoms with Gasteiger partial charge in [-0.3, -0.25) is 0 Å². The van der Waals surface area contributed by atoms with Crippen molar-refractivity contribution in [2.75, 3.05) is 19.6 Å². The lowest BCUT2D eigenvalue weighted by atomic mass is 9.79. The number of piperidine rings is 1. The van der Waals surface area contributed by atoms with Gasteiger partial charge in [0.25, 0.3) is 0 Å². The van der Waals surface area contributed by atoms with Gasteiger partial charge in [-0.1, -0.05) is 53.4 Å². The van der Waals surface area contributed by atoms with Gasteiger partial charge in [0, 0.05) is 6.54 Å². The van der Waals surface area contributed by atoms with E-state index in [1.54, 1.807) is 0 Å². The number of rotatable bonds is 7. The number of hydrogen-bond acceptors (Lipinski definition) is 2. The minimum atomic E-state index is -0.108. The summed E-state index contributed by atoms with van der Waals surface area (Å²) in [5.74, 6) is 0.511. The average molecular weight is 269 g/mol. The van der Waals surface area contributed by atoms with Gasteiger partial charge < -0.3 is 10.0 Å². The zero-order valence-electron chi connectivity index (χ0n) is 13.6. The first kappa shape index (κ1) is 17.0. The van der Waals surface area contributed by atoms with Crippen LogP contribution in [-0.2, 0) is 0 Å². The number of hydrogen-bond donors (Lipinski definition) is 1. The summed E-state index contributed by atoms with van der Waals surface area (Å²) in [6.07, 6.45) is 8.94. The summed E-state index contributed by atoms with van der Waals surface area (Å²) in [7, 11) is 0. The molecule has 2 atom stereocenters. The highest BCUT2D eigenvalue weighted by molar-refractivity contribution is 4.83. The fourth-order valence-corrected chi connectivity index (χ4v) is 3.21. The van der Waals surface area contributed by atoms with Crippen LogP contribution in [0.4, 0.5) is 0 Å². The Morgan fingerprint density at radius 3 is 2.37 bits per heavy atom. The Bertz CT molecular complexity index is 234. The molecule has 1 rings (SSSR count). The Kier molecular flexibility index (Phi) is 7.38. The number of β-amino-alcohol motifs (C(OH)–C–C–N with tert-alkyl or cyclic N) is 1. The van der Waals surface area contributed by atoms with E-state index in [0.717, 1.165) is 13.0 Å². The van der Waals surface area contributed by atoms with E-state index < -0.39 is 0 Å². The van der Waals surface area contributed by atoms with Gasteiger partial charge in [0.05, 0.1) is 6.10 Å². The summed E-state index contributed by atoms with van der Waals surface area (Å²) in [5.41, 5.74) is 0.341. The van der Waals surface area contributed by atoms with Crippen LogP contribution in [0.15, 0.2) is 0 Å². The standard InChI is InChI=1S/C17H35NO/c1-5-6-7-8-9-11-18-12-10-15(16(19)14-18)13-17(2,3)4/h15-16,19H,5-14H2,1-4H3. The highest BCUT2D eigenvalue weighted by atomic mass is 16.3. The zero-order valence-corrected chi connectivity index (χ0v) is 13.6. The van der Waals surface area contributed by atoms with Gasteiger partial charge in [-0.2, -0.15) is 0 Å². The number of aliphatic hydroxyl groups excluding tert-OH is 1. The number of nitrogens with zero attached hydrogens (tertiary/aromatic N) is 1. The summed E-state index contributed by atoms with van der Waals surface area (Å²) >= 11 is 0. The molecule has 0 saturated carbocycles. The lowest BCUT2D eigenvalue weighted by Crippen LogP contribution is -2.45. The van der Waals surface area contributed by atoms with Crippen molar-refractivity contribution in [3.8, 4) is 0 Å². The number of likely N-dealkylation sites (tertiary alicyclic amines) is 1. The molecule has 0 spiro atoms. The van der Waals surface area contributed by atoms with E-state index in [4.69, 9.17) is 0 Å². The summed E-state index contributed by atoms with van der Waals surface area (Å²) in [6, 6.07) is 0. The fraction of sp³-hybridized carbons (Fsp3) is 1.00. The zero-order chi connectivity index (χ0) is 14.3. The molecule has 0 bridgehead atoms. The first-order chi connectivity index (χ1) is 8.92. The molecule has 2 unspecified atom stereocenters. The smallest absolute Gasteiger partial charge is 0.0695 e. The van der Waals surface area contributed by atoms with E-state index in [2.05, 4.69) is 32.6 Å². The third-order valence-corrected chi connectivity index (χ3v) is 4.26. The molecule has 0 aromatic rings. The summed E-state index contributed by atoms with van der Waals surface area (Å²) in [6.45, 7) is 12.4. The van der Waals surface area contributed by atoms with Crippen molar-refractivity contribution in [1.29, 1.82) is 0 Å². The molecule has 1 saturated heterocycles. The Labute approximate surface area is 120 Å². The van der Waals surface area contributed by atoms with E-state index in [-0.39, 0.29) is 6.10 Å². The summed E-state index contributed by atoms with van der Waals surface area (Å²) in [5, 5.41) is 10.3. The minimum absolute atomic E-state index is 0.108. The SMILES string of the molecule is CCCCCCCN1CCC(CC(C)(C)C)C(O)C1. The molecule has 0 radical (unpaired) electrons. The van der Waals surface area contributed by atoms with Gasteiger partial charge in [-0.15, -0.1) is 0 Å². The number of unbranched alkanes of at least 4 members (excludes halogenated alkanes) is 4. The summed E-state index contributed by atoms with van der Waals surface area (Å²) < 4.78 is 0. The molecule has 2 heteroatoms. The van der Waals surface area contributed by atoms with Gasteiger partial charge in [0.15, 0.2) is 0 Å². The molecule has 114 valence electrons. The normalized spacial score (nSPS) is 25.7. The van der Waals surface area contributed by atoms with Crippen LogP contribution in [0.1, 0.15) is 72.6 Å². The third kappa shape index (κ3) is 7.31. The Balaban J connectivity index is 2.18. The van der Waals surface area contributed by atoms with E-state index in [0.29, 0.717) is 11.3 Å². The van der Waals surface area contributed by atoms with Crippen molar-refractivity contribution < 1.29 is 5.11 Å². The van der Waals surface area contributed by atoms with Crippen molar-refractivity contribution >= 4 is 0 Å². The highest BCUT2D eigenvalue weighted by Crippen LogP contribution is 2.31. The molecule has 0 aromatic heterocycles. The Morgan fingerprint density at radius 2 is 1.79 bits per heavy atom. The second-order valence-corrected chi connectivity index (χ2v) is 7.60. The van der Waals surface area contributed by atoms with Crippen LogP contribution < -0.4 is 0 Å². The quantitative estimate of drug-likeness (QED) is 0.704. The van der Waals surface area contributed by atoms with Crippen molar-refractivity contribution in [2.24, 2.45) is 11.3 Å². The van der Waals surface area contributed by atoms with Gasteiger partial charge in [-0.25, -0.2) is 0 Å². The predicted octanol–water partition coefficient (Wildman–Crippen LogP) is 4.08. The van der Waals surface area contributed by atoms with Crippen molar-refractivity contribution in [3.05, 3.63) is 0 Å². The molecule has 0 amide bonds. The number of aliphatic hydroxyl groups is 1. The van der Waals surface area contributed by atoms with Crippen LogP contribution in [0.2, 0.25) is 0 Å². The van der Waals surface area contributed by atoms with Crippen LogP contribution >= 0.6 is 0 Å². The fourth-order valence-electron chi connectivity index (χ4n) is 3.21. The topological polar surface area (TPSA) is 23.5 Å². The van der Waals surface area contributed by atoms with Crippen molar-refractivity contribution in [3.63, 3.8) is 0 Å². The molecule has 0 aliphatic carbocycles. The van der Waals surface area contributed by atoms with E-state index in [1.807, 2.05) is 0 Å². The minimum Gasteiger partial charge on any atom is -0.392 e. The lowest BCUT2D eigenvalue weighted by Gasteiger charge is -2.38. The molecule has 1 aliphatic heterocycles. The monoisotopic (exact) mass is 269 g/mol. The largest absolute Gasteiger partial charge is 0.392 e. The second kappa shape index (κ2) is 8.26. The summed E-state index contributed by atoms with van der Waals surface area (Å²) in [4.78, 5) is 2.47. The molecule has 1 aliphatic rings. The van der Waals surface area contributed by atoms with Crippen LogP contribution in [0.3, 0.4) is 0 Å². The second-order valence-electron chi connectivity index (χ2n) is 7.60. The Morgan fingerprint density at radius 1 is 1.11 bits per heavy atom. The maximum absolute atomic E-state index is 10.3. The molecule has 1 heterocycles. The van der Waals surface area contributed by atoms with Gasteiger partial charge >= 0.3 is 0 Å². The molecule has 1 fully saturated rings. The van der Waals surface area contributed by atoms with Crippen LogP contribution in [-0.4, -0.2) is 35.7 Å². The van der Waals surface area contributed by atoms with E-state index >= 15 is 0 Å². The van der Waals surface area contributed by atoms with Crippen molar-refractivity contribution in [1.82, 2.24) is 4.90 Å². The maximum atomic E-state index is 10.3. The van der Waals surface area contributed by atoms with Crippen LogP contribution in [0.5, 0.6) is 0 Å². The lowest BCUT2D eigenvalue weighted by molar-refractivity contribution is 0.00517. The van der Waals surface area contributed by atoms with Gasteiger partial charge in [0.1, 0.15) is 0 Å². The molecule has 2 nitrogen and oxygen atoms in total. The van der Waals surface area contributed by atoms with E-state index in [1.165, 1.54) is 51.6 Å². The van der Waals surface area contributed by atoms with Gasteiger partial charge in [0.2, 0.25) is 0 Å². The average Bonchev–Trinajstić information content (AvgIpc) is 2.31.